The molecule has 0 radical (unpaired) electrons. The van der Waals surface area contributed by atoms with Crippen molar-refractivity contribution < 1.29 is 26.4 Å². The number of carbonyl (C=O) groups excluding carboxylic acids is 1. The van der Waals surface area contributed by atoms with E-state index in [9.17, 15) is 26.4 Å². The highest BCUT2D eigenvalue weighted by Crippen LogP contribution is 2.39. The predicted molar refractivity (Wildman–Crippen MR) is 138 cm³/mol. The number of piperidine rings is 1. The third kappa shape index (κ3) is 6.61. The Labute approximate surface area is 216 Å². The molecule has 0 unspecified atom stereocenters. The molecule has 2 heterocycles. The first kappa shape index (κ1) is 26.9. The van der Waals surface area contributed by atoms with Crippen LogP contribution in [0.4, 0.5) is 18.9 Å². The van der Waals surface area contributed by atoms with Crippen molar-refractivity contribution in [2.75, 3.05) is 25.0 Å². The Hall–Kier alpha value is -3.11. The van der Waals surface area contributed by atoms with Gasteiger partial charge < -0.3 is 14.8 Å². The number of nitrogens with one attached hydrogen (secondary N) is 1. The van der Waals surface area contributed by atoms with Gasteiger partial charge in [-0.3, -0.25) is 4.79 Å². The maximum Gasteiger partial charge on any atom is 0.417 e. The quantitative estimate of drug-likeness (QED) is 0.384. The second-order valence-corrected chi connectivity index (χ2v) is 10.3. The van der Waals surface area contributed by atoms with Crippen molar-refractivity contribution in [1.82, 2.24) is 9.47 Å². The highest BCUT2D eigenvalue weighted by Gasteiger charge is 2.35. The number of nitrogens with zero attached hydrogens (tertiary/aromatic N) is 2. The summed E-state index contributed by atoms with van der Waals surface area (Å²) in [5.41, 5.74) is 1.50. The monoisotopic (exact) mass is 533 g/mol. The van der Waals surface area contributed by atoms with Crippen molar-refractivity contribution in [3.8, 4) is 11.3 Å². The molecule has 2 aromatic carbocycles. The minimum absolute atomic E-state index is 0.0428. The largest absolute Gasteiger partial charge is 0.417 e. The molecular formula is C27H30F3N3O3S. The number of halogens is 3. The van der Waals surface area contributed by atoms with Gasteiger partial charge in [0, 0.05) is 30.5 Å². The number of hydrogen-bond acceptors (Lipinski definition) is 4. The Morgan fingerprint density at radius 3 is 2.30 bits per heavy atom. The van der Waals surface area contributed by atoms with Gasteiger partial charge in [0.25, 0.3) is 5.91 Å². The Bertz CT molecular complexity index is 1320. The summed E-state index contributed by atoms with van der Waals surface area (Å²) in [6.07, 6.45) is 0.486. The van der Waals surface area contributed by atoms with Gasteiger partial charge in [0.2, 0.25) is 0 Å². The fourth-order valence-electron chi connectivity index (χ4n) is 4.83. The first-order chi connectivity index (χ1) is 17.6. The molecule has 0 spiro atoms. The lowest BCUT2D eigenvalue weighted by atomic mass is 10.00. The fourth-order valence-corrected chi connectivity index (χ4v) is 5.34. The summed E-state index contributed by atoms with van der Waals surface area (Å²) in [5.74, 6) is -0.535. The van der Waals surface area contributed by atoms with Crippen LogP contribution in [0.25, 0.3) is 11.3 Å². The third-order valence-corrected chi connectivity index (χ3v) is 7.32. The standard InChI is InChI=1S/C27H30F3N3O3S/c1-19-23(26(34)31-21-11-9-20(10-12-21)18-37(35)36)17-33(16-15-32-13-5-2-6-14-32)25(19)22-7-3-4-8-24(22)27(28,29)30/h3-4,7-12,17,37H,2,5-6,13-16,18H2,1H3,(H,31,34). The van der Waals surface area contributed by atoms with Crippen LogP contribution < -0.4 is 5.32 Å². The zero-order valence-corrected chi connectivity index (χ0v) is 21.4. The molecule has 0 aliphatic carbocycles. The maximum absolute atomic E-state index is 13.9. The normalized spacial score (nSPS) is 14.7. The van der Waals surface area contributed by atoms with Crippen molar-refractivity contribution in [2.24, 2.45) is 0 Å². The number of alkyl halides is 3. The molecule has 3 aromatic rings. The van der Waals surface area contributed by atoms with Crippen molar-refractivity contribution in [1.29, 1.82) is 0 Å². The Morgan fingerprint density at radius 1 is 0.973 bits per heavy atom. The molecule has 0 saturated carbocycles. The summed E-state index contributed by atoms with van der Waals surface area (Å²) in [7, 11) is -2.56. The van der Waals surface area contributed by atoms with E-state index in [2.05, 4.69) is 10.2 Å². The molecule has 0 atom stereocenters. The minimum Gasteiger partial charge on any atom is -0.345 e. The van der Waals surface area contributed by atoms with Crippen molar-refractivity contribution in [3.05, 3.63) is 77.0 Å². The highest BCUT2D eigenvalue weighted by atomic mass is 32.2. The molecule has 1 amide bonds. The average Bonchev–Trinajstić information content (AvgIpc) is 3.19. The Kier molecular flexibility index (Phi) is 8.39. The van der Waals surface area contributed by atoms with E-state index in [0.717, 1.165) is 32.0 Å². The van der Waals surface area contributed by atoms with Crippen LogP contribution in [-0.4, -0.2) is 43.4 Å². The third-order valence-electron chi connectivity index (χ3n) is 6.69. The van der Waals surface area contributed by atoms with Crippen molar-refractivity contribution >= 4 is 22.3 Å². The minimum atomic E-state index is -4.54. The summed E-state index contributed by atoms with van der Waals surface area (Å²) in [6.45, 7) is 4.72. The molecule has 1 N–H and O–H groups in total. The molecular weight excluding hydrogens is 503 g/mol. The molecule has 0 bridgehead atoms. The van der Waals surface area contributed by atoms with Gasteiger partial charge in [-0.2, -0.15) is 13.2 Å². The van der Waals surface area contributed by atoms with Gasteiger partial charge >= 0.3 is 6.18 Å². The van der Waals surface area contributed by atoms with Crippen molar-refractivity contribution in [2.45, 2.75) is 44.7 Å². The van der Waals surface area contributed by atoms with Crippen LogP contribution in [0.5, 0.6) is 0 Å². The summed E-state index contributed by atoms with van der Waals surface area (Å²) >= 11 is 0. The summed E-state index contributed by atoms with van der Waals surface area (Å²) < 4.78 is 65.3. The van der Waals surface area contributed by atoms with Gasteiger partial charge in [0.1, 0.15) is 10.7 Å². The zero-order valence-electron chi connectivity index (χ0n) is 20.6. The smallest absolute Gasteiger partial charge is 0.345 e. The number of rotatable bonds is 8. The fraction of sp³-hybridized carbons (Fsp3) is 0.370. The van der Waals surface area contributed by atoms with Crippen molar-refractivity contribution in [3.63, 3.8) is 0 Å². The SMILES string of the molecule is Cc1c(C(=O)Nc2ccc(C[SH](=O)=O)cc2)cn(CCN2CCCCC2)c1-c1ccccc1C(F)(F)F. The second-order valence-electron chi connectivity index (χ2n) is 9.30. The molecule has 6 nitrogen and oxygen atoms in total. The number of amides is 1. The number of benzene rings is 2. The molecule has 37 heavy (non-hydrogen) atoms. The van der Waals surface area contributed by atoms with Crippen LogP contribution in [0.3, 0.4) is 0 Å². The first-order valence-electron chi connectivity index (χ1n) is 12.2. The van der Waals surface area contributed by atoms with E-state index < -0.39 is 28.4 Å². The Balaban J connectivity index is 1.67. The summed E-state index contributed by atoms with van der Waals surface area (Å²) in [6, 6.07) is 11.9. The van der Waals surface area contributed by atoms with E-state index in [1.54, 1.807) is 48.0 Å². The second kappa shape index (κ2) is 11.5. The van der Waals surface area contributed by atoms with Crippen LogP contribution >= 0.6 is 0 Å². The van der Waals surface area contributed by atoms with E-state index in [0.29, 0.717) is 35.6 Å². The number of aromatic nitrogens is 1. The van der Waals surface area contributed by atoms with Crippen LogP contribution in [0.15, 0.2) is 54.7 Å². The van der Waals surface area contributed by atoms with Crippen LogP contribution in [0, 0.1) is 6.92 Å². The molecule has 10 heteroatoms. The predicted octanol–water partition coefficient (Wildman–Crippen LogP) is 5.33. The van der Waals surface area contributed by atoms with Crippen LogP contribution in [0.2, 0.25) is 0 Å². The van der Waals surface area contributed by atoms with E-state index in [1.165, 1.54) is 18.6 Å². The lowest BCUT2D eigenvalue weighted by Crippen LogP contribution is -2.32. The molecule has 1 aliphatic heterocycles. The summed E-state index contributed by atoms with van der Waals surface area (Å²) in [5, 5.41) is 2.79. The average molecular weight is 534 g/mol. The number of thiol groups is 1. The van der Waals surface area contributed by atoms with E-state index >= 15 is 0 Å². The van der Waals surface area contributed by atoms with Gasteiger partial charge in [-0.25, -0.2) is 8.42 Å². The number of anilines is 1. The van der Waals surface area contributed by atoms with Gasteiger partial charge in [0.15, 0.2) is 0 Å². The van der Waals surface area contributed by atoms with Gasteiger partial charge in [-0.1, -0.05) is 36.8 Å². The van der Waals surface area contributed by atoms with Gasteiger partial charge in [-0.15, -0.1) is 0 Å². The molecule has 1 aromatic heterocycles. The van der Waals surface area contributed by atoms with Crippen LogP contribution in [-0.2, 0) is 29.2 Å². The van der Waals surface area contributed by atoms with E-state index in [1.807, 2.05) is 0 Å². The molecule has 1 saturated heterocycles. The first-order valence-corrected chi connectivity index (χ1v) is 13.6. The summed E-state index contributed by atoms with van der Waals surface area (Å²) in [4.78, 5) is 15.5. The van der Waals surface area contributed by atoms with E-state index in [-0.39, 0.29) is 16.9 Å². The molecule has 4 rings (SSSR count). The maximum atomic E-state index is 13.9. The van der Waals surface area contributed by atoms with E-state index in [4.69, 9.17) is 0 Å². The lowest BCUT2D eigenvalue weighted by Gasteiger charge is -2.27. The molecule has 1 aliphatic rings. The topological polar surface area (TPSA) is 71.4 Å². The van der Waals surface area contributed by atoms with Gasteiger partial charge in [-0.05, 0) is 62.2 Å². The lowest BCUT2D eigenvalue weighted by molar-refractivity contribution is -0.137. The zero-order chi connectivity index (χ0) is 26.6. The van der Waals surface area contributed by atoms with Gasteiger partial charge in [0.05, 0.1) is 22.6 Å². The number of carbonyl (C=O) groups is 1. The number of likely N-dealkylation sites (tertiary alicyclic amines) is 1. The molecule has 198 valence electrons. The highest BCUT2D eigenvalue weighted by molar-refractivity contribution is 7.71. The number of hydrogen-bond donors (Lipinski definition) is 2. The Morgan fingerprint density at radius 2 is 1.65 bits per heavy atom. The van der Waals surface area contributed by atoms with Crippen LogP contribution in [0.1, 0.15) is 46.3 Å². The molecule has 1 fully saturated rings.